The summed E-state index contributed by atoms with van der Waals surface area (Å²) in [6.45, 7) is 0.224. The van der Waals surface area contributed by atoms with Gasteiger partial charge < -0.3 is 14.8 Å². The minimum absolute atomic E-state index is 0.0434. The van der Waals surface area contributed by atoms with Crippen LogP contribution in [0.4, 0.5) is 5.82 Å². The normalized spacial score (nSPS) is 15.9. The lowest BCUT2D eigenvalue weighted by molar-refractivity contribution is -0.118. The molecule has 2 aliphatic rings. The first-order chi connectivity index (χ1) is 13.6. The van der Waals surface area contributed by atoms with E-state index >= 15 is 0 Å². The first-order valence-electron chi connectivity index (χ1n) is 9.08. The zero-order valence-corrected chi connectivity index (χ0v) is 15.7. The predicted molar refractivity (Wildman–Crippen MR) is 107 cm³/mol. The number of halogens is 1. The molecule has 5 nitrogen and oxygen atoms in total. The number of nitrogens with zero attached hydrogens (tertiary/aromatic N) is 1. The Morgan fingerprint density at radius 1 is 0.964 bits per heavy atom. The van der Waals surface area contributed by atoms with Crippen molar-refractivity contribution in [2.75, 3.05) is 12.1 Å². The van der Waals surface area contributed by atoms with Gasteiger partial charge in [-0.15, -0.1) is 0 Å². The van der Waals surface area contributed by atoms with Crippen molar-refractivity contribution in [3.05, 3.63) is 71.4 Å². The van der Waals surface area contributed by atoms with E-state index in [1.165, 1.54) is 0 Å². The second-order valence-electron chi connectivity index (χ2n) is 7.04. The average molecular weight is 393 g/mol. The van der Waals surface area contributed by atoms with E-state index in [0.717, 1.165) is 35.3 Å². The fourth-order valence-corrected chi connectivity index (χ4v) is 3.61. The number of fused-ring (bicyclic) bond motifs is 1. The van der Waals surface area contributed by atoms with Crippen molar-refractivity contribution in [2.24, 2.45) is 0 Å². The summed E-state index contributed by atoms with van der Waals surface area (Å²) in [5, 5.41) is 3.65. The van der Waals surface area contributed by atoms with Crippen molar-refractivity contribution in [3.63, 3.8) is 0 Å². The Morgan fingerprint density at radius 3 is 2.43 bits per heavy atom. The highest BCUT2D eigenvalue weighted by molar-refractivity contribution is 6.30. The maximum atomic E-state index is 13.0. The average Bonchev–Trinajstić information content (AvgIpc) is 3.40. The lowest BCUT2D eigenvalue weighted by Gasteiger charge is -2.16. The van der Waals surface area contributed by atoms with Crippen molar-refractivity contribution >= 4 is 23.3 Å². The zero-order chi connectivity index (χ0) is 19.1. The number of ether oxygens (including phenoxy) is 2. The van der Waals surface area contributed by atoms with Crippen LogP contribution >= 0.6 is 11.6 Å². The number of anilines is 1. The van der Waals surface area contributed by atoms with E-state index in [1.54, 1.807) is 6.20 Å². The molecule has 0 radical (unpaired) electrons. The molecule has 1 fully saturated rings. The van der Waals surface area contributed by atoms with E-state index in [0.29, 0.717) is 16.6 Å². The third-order valence-corrected chi connectivity index (χ3v) is 5.54. The van der Waals surface area contributed by atoms with Gasteiger partial charge in [-0.25, -0.2) is 4.98 Å². The van der Waals surface area contributed by atoms with Gasteiger partial charge in [-0.2, -0.15) is 0 Å². The van der Waals surface area contributed by atoms with Gasteiger partial charge in [-0.3, -0.25) is 4.79 Å². The molecule has 5 rings (SSSR count). The maximum Gasteiger partial charge on any atom is 0.236 e. The molecular weight excluding hydrogens is 376 g/mol. The zero-order valence-electron chi connectivity index (χ0n) is 14.9. The quantitative estimate of drug-likeness (QED) is 0.692. The van der Waals surface area contributed by atoms with Crippen molar-refractivity contribution in [2.45, 2.75) is 18.3 Å². The van der Waals surface area contributed by atoms with E-state index in [9.17, 15) is 4.79 Å². The van der Waals surface area contributed by atoms with Gasteiger partial charge in [0, 0.05) is 16.8 Å². The Balaban J connectivity index is 1.33. The fraction of sp³-hybridized carbons (Fsp3) is 0.182. The van der Waals surface area contributed by atoms with Gasteiger partial charge in [0.15, 0.2) is 11.5 Å². The highest BCUT2D eigenvalue weighted by Crippen LogP contribution is 2.51. The molecule has 0 bridgehead atoms. The number of nitrogens with one attached hydrogen (secondary N) is 1. The molecule has 0 unspecified atom stereocenters. The summed E-state index contributed by atoms with van der Waals surface area (Å²) in [5.41, 5.74) is 2.42. The standard InChI is InChI=1S/C22H17ClN2O3/c23-17-5-1-14(2-6-17)15-3-8-20(24-12-15)25-21(26)22(9-10-22)16-4-7-18-19(11-16)28-13-27-18/h1-8,11-12H,9-10,13H2,(H,24,25,26). The smallest absolute Gasteiger partial charge is 0.236 e. The summed E-state index contributed by atoms with van der Waals surface area (Å²) in [6.07, 6.45) is 3.36. The molecule has 1 aliphatic heterocycles. The third kappa shape index (κ3) is 2.98. The molecule has 0 spiro atoms. The number of aromatic nitrogens is 1. The van der Waals surface area contributed by atoms with Crippen molar-refractivity contribution in [1.29, 1.82) is 0 Å². The summed E-state index contributed by atoms with van der Waals surface area (Å²) >= 11 is 5.93. The number of pyridine rings is 1. The molecule has 1 aliphatic carbocycles. The number of hydrogen-bond acceptors (Lipinski definition) is 4. The Bertz CT molecular complexity index is 1040. The Morgan fingerprint density at radius 2 is 1.71 bits per heavy atom. The minimum atomic E-state index is -0.516. The second-order valence-corrected chi connectivity index (χ2v) is 7.48. The molecule has 1 saturated carbocycles. The fourth-order valence-electron chi connectivity index (χ4n) is 3.48. The van der Waals surface area contributed by atoms with Crippen LogP contribution in [0.1, 0.15) is 18.4 Å². The monoisotopic (exact) mass is 392 g/mol. The van der Waals surface area contributed by atoms with Crippen molar-refractivity contribution < 1.29 is 14.3 Å². The lowest BCUT2D eigenvalue weighted by Crippen LogP contribution is -2.28. The van der Waals surface area contributed by atoms with E-state index in [1.807, 2.05) is 54.6 Å². The molecule has 0 saturated heterocycles. The van der Waals surface area contributed by atoms with Crippen LogP contribution in [0.3, 0.4) is 0 Å². The Labute approximate surface area is 167 Å². The lowest BCUT2D eigenvalue weighted by atomic mass is 9.94. The van der Waals surface area contributed by atoms with Crippen LogP contribution < -0.4 is 14.8 Å². The summed E-state index contributed by atoms with van der Waals surface area (Å²) in [7, 11) is 0. The summed E-state index contributed by atoms with van der Waals surface area (Å²) < 4.78 is 10.8. The van der Waals surface area contributed by atoms with Gasteiger partial charge in [0.25, 0.3) is 0 Å². The molecule has 1 amide bonds. The van der Waals surface area contributed by atoms with E-state index in [-0.39, 0.29) is 12.7 Å². The minimum Gasteiger partial charge on any atom is -0.454 e. The van der Waals surface area contributed by atoms with Crippen LogP contribution in [0.25, 0.3) is 11.1 Å². The summed E-state index contributed by atoms with van der Waals surface area (Å²) in [6, 6.07) is 17.0. The molecule has 2 heterocycles. The van der Waals surface area contributed by atoms with Gasteiger partial charge in [-0.1, -0.05) is 29.8 Å². The van der Waals surface area contributed by atoms with E-state index < -0.39 is 5.41 Å². The highest BCUT2D eigenvalue weighted by Gasteiger charge is 2.51. The number of carbonyl (C=O) groups is 1. The Kier molecular flexibility index (Phi) is 3.98. The van der Waals surface area contributed by atoms with Gasteiger partial charge >= 0.3 is 0 Å². The summed E-state index contributed by atoms with van der Waals surface area (Å²) in [4.78, 5) is 17.4. The molecule has 1 aromatic heterocycles. The van der Waals surface area contributed by atoms with Crippen molar-refractivity contribution in [3.8, 4) is 22.6 Å². The molecule has 1 N–H and O–H groups in total. The second kappa shape index (κ2) is 6.53. The number of rotatable bonds is 4. The SMILES string of the molecule is O=C(Nc1ccc(-c2ccc(Cl)cc2)cn1)C1(c2ccc3c(c2)OCO3)CC1. The Hall–Kier alpha value is -3.05. The van der Waals surface area contributed by atoms with Crippen LogP contribution in [0, 0.1) is 0 Å². The number of carbonyl (C=O) groups excluding carboxylic acids is 1. The maximum absolute atomic E-state index is 13.0. The first-order valence-corrected chi connectivity index (χ1v) is 9.45. The predicted octanol–water partition coefficient (Wildman–Crippen LogP) is 4.80. The van der Waals surface area contributed by atoms with E-state index in [4.69, 9.17) is 21.1 Å². The van der Waals surface area contributed by atoms with E-state index in [2.05, 4.69) is 10.3 Å². The molecule has 3 aromatic rings. The van der Waals surface area contributed by atoms with Gasteiger partial charge in [0.05, 0.1) is 5.41 Å². The van der Waals surface area contributed by atoms with Gasteiger partial charge in [-0.05, 0) is 60.4 Å². The molecule has 0 atom stereocenters. The van der Waals surface area contributed by atoms with Gasteiger partial charge in [0.2, 0.25) is 12.7 Å². The van der Waals surface area contributed by atoms with Crippen molar-refractivity contribution in [1.82, 2.24) is 4.98 Å². The van der Waals surface area contributed by atoms with Crippen LogP contribution in [0.15, 0.2) is 60.8 Å². The molecule has 6 heteroatoms. The summed E-state index contributed by atoms with van der Waals surface area (Å²) in [5.74, 6) is 1.91. The van der Waals surface area contributed by atoms with Crippen LogP contribution in [-0.2, 0) is 10.2 Å². The van der Waals surface area contributed by atoms with Crippen LogP contribution in [0.5, 0.6) is 11.5 Å². The third-order valence-electron chi connectivity index (χ3n) is 5.29. The largest absolute Gasteiger partial charge is 0.454 e. The topological polar surface area (TPSA) is 60.5 Å². The van der Waals surface area contributed by atoms with Gasteiger partial charge in [0.1, 0.15) is 5.82 Å². The highest BCUT2D eigenvalue weighted by atomic mass is 35.5. The molecular formula is C22H17ClN2O3. The number of amides is 1. The number of benzene rings is 2. The molecule has 2 aromatic carbocycles. The van der Waals surface area contributed by atoms with Crippen LogP contribution in [0.2, 0.25) is 5.02 Å². The molecule has 140 valence electrons. The first kappa shape index (κ1) is 17.1. The number of hydrogen-bond donors (Lipinski definition) is 1. The molecule has 28 heavy (non-hydrogen) atoms. The van der Waals surface area contributed by atoms with Crippen LogP contribution in [-0.4, -0.2) is 17.7 Å².